The lowest BCUT2D eigenvalue weighted by molar-refractivity contribution is -0.120. The smallest absolute Gasteiger partial charge is 0.335 e. The van der Waals surface area contributed by atoms with Gasteiger partial charge in [0.2, 0.25) is 15.9 Å². The lowest BCUT2D eigenvalue weighted by Crippen LogP contribution is -2.51. The highest BCUT2D eigenvalue weighted by molar-refractivity contribution is 7.88. The van der Waals surface area contributed by atoms with Crippen LogP contribution >= 0.6 is 0 Å². The van der Waals surface area contributed by atoms with E-state index in [1.54, 1.807) is 13.0 Å². The predicted octanol–water partition coefficient (Wildman–Crippen LogP) is 0.960. The van der Waals surface area contributed by atoms with Crippen LogP contribution in [0.3, 0.4) is 0 Å². The zero-order valence-corrected chi connectivity index (χ0v) is 13.0. The van der Waals surface area contributed by atoms with E-state index in [0.29, 0.717) is 11.3 Å². The fraction of sp³-hybridized carbons (Fsp3) is 0.385. The van der Waals surface area contributed by atoms with Gasteiger partial charge in [0.15, 0.2) is 0 Å². The number of amides is 1. The molecule has 3 N–H and O–H groups in total. The van der Waals surface area contributed by atoms with Crippen LogP contribution in [0.15, 0.2) is 18.2 Å². The molecule has 0 bridgehead atoms. The molecular weight excluding hydrogens is 296 g/mol. The van der Waals surface area contributed by atoms with Crippen LogP contribution in [0.5, 0.6) is 0 Å². The minimum Gasteiger partial charge on any atom is -0.478 e. The van der Waals surface area contributed by atoms with E-state index in [2.05, 4.69) is 10.0 Å². The average Bonchev–Trinajstić information content (AvgIpc) is 2.28. The normalized spacial score (nSPS) is 12.0. The summed E-state index contributed by atoms with van der Waals surface area (Å²) < 4.78 is 24.7. The molecule has 0 spiro atoms. The molecular formula is C13H18N2O5S. The molecule has 0 aliphatic carbocycles. The molecule has 116 valence electrons. The van der Waals surface area contributed by atoms with Gasteiger partial charge in [-0.05, 0) is 38.5 Å². The van der Waals surface area contributed by atoms with Gasteiger partial charge in [0.1, 0.15) is 5.54 Å². The average molecular weight is 314 g/mol. The second-order valence-corrected chi connectivity index (χ2v) is 7.04. The molecule has 1 rings (SSSR count). The molecule has 0 aromatic heterocycles. The van der Waals surface area contributed by atoms with E-state index in [0.717, 1.165) is 6.26 Å². The van der Waals surface area contributed by atoms with Crippen LogP contribution in [0.25, 0.3) is 0 Å². The van der Waals surface area contributed by atoms with Gasteiger partial charge < -0.3 is 10.4 Å². The number of aryl methyl sites for hydroxylation is 1. The van der Waals surface area contributed by atoms with E-state index in [1.165, 1.54) is 26.0 Å². The second-order valence-electron chi connectivity index (χ2n) is 5.29. The van der Waals surface area contributed by atoms with Gasteiger partial charge in [-0.3, -0.25) is 4.79 Å². The number of hydrogen-bond donors (Lipinski definition) is 3. The molecule has 0 unspecified atom stereocenters. The highest BCUT2D eigenvalue weighted by Crippen LogP contribution is 2.19. The third-order valence-corrected chi connectivity index (χ3v) is 3.62. The number of aromatic carboxylic acids is 1. The molecule has 21 heavy (non-hydrogen) atoms. The molecule has 1 amide bonds. The number of carbonyl (C=O) groups excluding carboxylic acids is 1. The van der Waals surface area contributed by atoms with Crippen molar-refractivity contribution in [2.24, 2.45) is 0 Å². The second kappa shape index (κ2) is 5.82. The van der Waals surface area contributed by atoms with E-state index in [-0.39, 0.29) is 5.56 Å². The number of rotatable bonds is 5. The number of hydrogen-bond acceptors (Lipinski definition) is 4. The fourth-order valence-corrected chi connectivity index (χ4v) is 2.70. The summed E-state index contributed by atoms with van der Waals surface area (Å²) in [6.45, 7) is 4.54. The maximum Gasteiger partial charge on any atom is 0.335 e. The molecule has 7 nitrogen and oxygen atoms in total. The zero-order valence-electron chi connectivity index (χ0n) is 12.2. The summed E-state index contributed by atoms with van der Waals surface area (Å²) in [4.78, 5) is 23.1. The Bertz CT molecular complexity index is 680. The van der Waals surface area contributed by atoms with E-state index in [1.807, 2.05) is 0 Å². The molecule has 0 fully saturated rings. The van der Waals surface area contributed by atoms with Gasteiger partial charge in [0, 0.05) is 5.69 Å². The third-order valence-electron chi connectivity index (χ3n) is 2.74. The molecule has 0 saturated carbocycles. The first kappa shape index (κ1) is 17.1. The number of benzene rings is 1. The highest BCUT2D eigenvalue weighted by atomic mass is 32.2. The summed E-state index contributed by atoms with van der Waals surface area (Å²) in [7, 11) is -3.56. The van der Waals surface area contributed by atoms with Crippen molar-refractivity contribution in [2.75, 3.05) is 11.6 Å². The van der Waals surface area contributed by atoms with E-state index in [4.69, 9.17) is 5.11 Å². The minimum atomic E-state index is -3.56. The number of carboxylic acids is 1. The van der Waals surface area contributed by atoms with Gasteiger partial charge in [-0.2, -0.15) is 0 Å². The summed E-state index contributed by atoms with van der Waals surface area (Å²) in [6, 6.07) is 4.31. The van der Waals surface area contributed by atoms with Crippen molar-refractivity contribution in [1.82, 2.24) is 4.72 Å². The Kier molecular flexibility index (Phi) is 4.75. The quantitative estimate of drug-likeness (QED) is 0.749. The van der Waals surface area contributed by atoms with E-state index in [9.17, 15) is 18.0 Å². The summed E-state index contributed by atoms with van der Waals surface area (Å²) >= 11 is 0. The van der Waals surface area contributed by atoms with Gasteiger partial charge >= 0.3 is 5.97 Å². The van der Waals surface area contributed by atoms with Crippen molar-refractivity contribution < 1.29 is 23.1 Å². The molecule has 1 aromatic carbocycles. The van der Waals surface area contributed by atoms with Gasteiger partial charge in [-0.1, -0.05) is 6.07 Å². The predicted molar refractivity (Wildman–Crippen MR) is 78.8 cm³/mol. The van der Waals surface area contributed by atoms with Crippen molar-refractivity contribution in [3.63, 3.8) is 0 Å². The third kappa shape index (κ3) is 4.83. The lowest BCUT2D eigenvalue weighted by atomic mass is 10.0. The van der Waals surface area contributed by atoms with Crippen LogP contribution in [-0.4, -0.2) is 37.2 Å². The summed E-state index contributed by atoms with van der Waals surface area (Å²) in [5.41, 5.74) is -0.337. The molecule has 0 saturated heterocycles. The molecule has 0 atom stereocenters. The molecule has 0 aliphatic heterocycles. The maximum atomic E-state index is 12.2. The fourth-order valence-electron chi connectivity index (χ4n) is 1.68. The first-order valence-corrected chi connectivity index (χ1v) is 7.96. The molecule has 0 heterocycles. The van der Waals surface area contributed by atoms with Crippen LogP contribution in [0.2, 0.25) is 0 Å². The van der Waals surface area contributed by atoms with Crippen molar-refractivity contribution >= 4 is 27.6 Å². The molecule has 0 radical (unpaired) electrons. The SMILES string of the molecule is Cc1ccc(C(=O)O)cc1NC(=O)C(C)(C)NS(C)(=O)=O. The van der Waals surface area contributed by atoms with Crippen LogP contribution in [0.4, 0.5) is 5.69 Å². The van der Waals surface area contributed by atoms with Gasteiger partial charge in [0.25, 0.3) is 0 Å². The largest absolute Gasteiger partial charge is 0.478 e. The van der Waals surface area contributed by atoms with Gasteiger partial charge in [-0.25, -0.2) is 17.9 Å². The number of anilines is 1. The number of sulfonamides is 1. The van der Waals surface area contributed by atoms with E-state index < -0.39 is 27.4 Å². The summed E-state index contributed by atoms with van der Waals surface area (Å²) in [6.07, 6.45) is 0.957. The Morgan fingerprint density at radius 3 is 2.29 bits per heavy atom. The van der Waals surface area contributed by atoms with Crippen LogP contribution in [0.1, 0.15) is 29.8 Å². The summed E-state index contributed by atoms with van der Waals surface area (Å²) in [5.74, 6) is -1.70. The number of nitrogens with one attached hydrogen (secondary N) is 2. The number of carbonyl (C=O) groups is 2. The van der Waals surface area contributed by atoms with Crippen LogP contribution in [0, 0.1) is 6.92 Å². The molecule has 1 aromatic rings. The first-order chi connectivity index (χ1) is 9.42. The van der Waals surface area contributed by atoms with Crippen molar-refractivity contribution in [3.05, 3.63) is 29.3 Å². The topological polar surface area (TPSA) is 113 Å². The Balaban J connectivity index is 3.03. The van der Waals surface area contributed by atoms with Crippen molar-refractivity contribution in [3.8, 4) is 0 Å². The molecule has 0 aliphatic rings. The minimum absolute atomic E-state index is 0.0322. The lowest BCUT2D eigenvalue weighted by Gasteiger charge is -2.24. The Hall–Kier alpha value is -1.93. The van der Waals surface area contributed by atoms with Crippen LogP contribution in [-0.2, 0) is 14.8 Å². The van der Waals surface area contributed by atoms with Gasteiger partial charge in [-0.15, -0.1) is 0 Å². The highest BCUT2D eigenvalue weighted by Gasteiger charge is 2.31. The van der Waals surface area contributed by atoms with Gasteiger partial charge in [0.05, 0.1) is 11.8 Å². The first-order valence-electron chi connectivity index (χ1n) is 6.07. The zero-order chi connectivity index (χ0) is 16.4. The Morgan fingerprint density at radius 1 is 1.24 bits per heavy atom. The summed E-state index contributed by atoms with van der Waals surface area (Å²) in [5, 5.41) is 11.5. The number of carboxylic acid groups (broad SMARTS) is 1. The standard InChI is InChI=1S/C13H18N2O5S/c1-8-5-6-9(11(16)17)7-10(8)14-12(18)13(2,3)15-21(4,19)20/h5-7,15H,1-4H3,(H,14,18)(H,16,17). The maximum absolute atomic E-state index is 12.2. The van der Waals surface area contributed by atoms with Crippen molar-refractivity contribution in [1.29, 1.82) is 0 Å². The van der Waals surface area contributed by atoms with Crippen molar-refractivity contribution in [2.45, 2.75) is 26.3 Å². The Labute approximate surface area is 123 Å². The van der Waals surface area contributed by atoms with E-state index >= 15 is 0 Å². The van der Waals surface area contributed by atoms with Crippen LogP contribution < -0.4 is 10.0 Å². The monoisotopic (exact) mass is 314 g/mol. The Morgan fingerprint density at radius 2 is 1.81 bits per heavy atom. The molecule has 8 heteroatoms.